The molecule has 21 heavy (non-hydrogen) atoms. The molecule has 0 unspecified atom stereocenters. The van der Waals surface area contributed by atoms with Crippen molar-refractivity contribution in [2.24, 2.45) is 13.0 Å². The van der Waals surface area contributed by atoms with Crippen molar-refractivity contribution in [3.8, 4) is 0 Å². The number of nitrogens with zero attached hydrogens (tertiary/aromatic N) is 5. The minimum atomic E-state index is -0.135. The highest BCUT2D eigenvalue weighted by molar-refractivity contribution is 5.17. The van der Waals surface area contributed by atoms with Crippen LogP contribution in [0.5, 0.6) is 0 Å². The second kappa shape index (κ2) is 4.64. The van der Waals surface area contributed by atoms with E-state index >= 15 is 0 Å². The van der Waals surface area contributed by atoms with Crippen molar-refractivity contribution in [2.45, 2.75) is 18.9 Å². The standard InChI is InChI=1S/C14H19N5O2/c1-10-16-17-13(21-10)14-8-19(6-12(14)7-20-9-14)5-11-3-15-18(2)4-11/h3-4,12H,5-9H2,1-2H3/t12-,14-/m1/s1. The lowest BCUT2D eigenvalue weighted by atomic mass is 9.81. The van der Waals surface area contributed by atoms with Crippen LogP contribution in [0.4, 0.5) is 0 Å². The summed E-state index contributed by atoms with van der Waals surface area (Å²) in [6.45, 7) is 6.07. The zero-order valence-corrected chi connectivity index (χ0v) is 12.3. The Morgan fingerprint density at radius 3 is 3.05 bits per heavy atom. The fraction of sp³-hybridized carbons (Fsp3) is 0.643. The van der Waals surface area contributed by atoms with E-state index in [0.29, 0.717) is 18.4 Å². The molecular formula is C14H19N5O2. The Hall–Kier alpha value is -1.73. The van der Waals surface area contributed by atoms with E-state index < -0.39 is 0 Å². The maximum Gasteiger partial charge on any atom is 0.226 e. The maximum absolute atomic E-state index is 5.73. The highest BCUT2D eigenvalue weighted by atomic mass is 16.5. The van der Waals surface area contributed by atoms with E-state index in [0.717, 1.165) is 32.1 Å². The molecule has 7 heteroatoms. The fourth-order valence-electron chi connectivity index (χ4n) is 3.57. The summed E-state index contributed by atoms with van der Waals surface area (Å²) in [4.78, 5) is 2.43. The highest BCUT2D eigenvalue weighted by Gasteiger charge is 2.55. The van der Waals surface area contributed by atoms with Gasteiger partial charge in [0.2, 0.25) is 11.8 Å². The van der Waals surface area contributed by atoms with E-state index in [1.807, 2.05) is 24.9 Å². The molecule has 0 N–H and O–H groups in total. The number of likely N-dealkylation sites (tertiary alicyclic amines) is 1. The van der Waals surface area contributed by atoms with Gasteiger partial charge in [0, 0.05) is 51.3 Å². The molecule has 0 amide bonds. The lowest BCUT2D eigenvalue weighted by Gasteiger charge is -2.22. The van der Waals surface area contributed by atoms with E-state index in [1.54, 1.807) is 0 Å². The van der Waals surface area contributed by atoms with Crippen LogP contribution in [0, 0.1) is 12.8 Å². The zero-order chi connectivity index (χ0) is 14.4. The summed E-state index contributed by atoms with van der Waals surface area (Å²) < 4.78 is 13.3. The van der Waals surface area contributed by atoms with Crippen molar-refractivity contribution >= 4 is 0 Å². The summed E-state index contributed by atoms with van der Waals surface area (Å²) in [5, 5.41) is 12.5. The molecule has 2 saturated heterocycles. The van der Waals surface area contributed by atoms with Crippen molar-refractivity contribution in [1.82, 2.24) is 24.9 Å². The number of hydrogen-bond donors (Lipinski definition) is 0. The first-order valence-corrected chi connectivity index (χ1v) is 7.24. The van der Waals surface area contributed by atoms with E-state index in [-0.39, 0.29) is 5.41 Å². The Kier molecular flexibility index (Phi) is 2.87. The molecule has 4 heterocycles. The molecule has 2 fully saturated rings. The van der Waals surface area contributed by atoms with Gasteiger partial charge in [-0.1, -0.05) is 0 Å². The van der Waals surface area contributed by atoms with Crippen molar-refractivity contribution in [2.75, 3.05) is 26.3 Å². The van der Waals surface area contributed by atoms with Gasteiger partial charge < -0.3 is 9.15 Å². The fourth-order valence-corrected chi connectivity index (χ4v) is 3.57. The smallest absolute Gasteiger partial charge is 0.226 e. The van der Waals surface area contributed by atoms with Crippen LogP contribution in [0.1, 0.15) is 17.3 Å². The van der Waals surface area contributed by atoms with Crippen molar-refractivity contribution < 1.29 is 9.15 Å². The summed E-state index contributed by atoms with van der Waals surface area (Å²) in [6.07, 6.45) is 3.99. The van der Waals surface area contributed by atoms with Crippen LogP contribution in [0.2, 0.25) is 0 Å². The Bertz CT molecular complexity index is 651. The lowest BCUT2D eigenvalue weighted by molar-refractivity contribution is 0.140. The van der Waals surface area contributed by atoms with Crippen molar-refractivity contribution in [1.29, 1.82) is 0 Å². The van der Waals surface area contributed by atoms with Gasteiger partial charge in [-0.2, -0.15) is 5.10 Å². The second-order valence-corrected chi connectivity index (χ2v) is 6.19. The molecule has 2 aliphatic rings. The zero-order valence-electron chi connectivity index (χ0n) is 12.3. The lowest BCUT2D eigenvalue weighted by Crippen LogP contribution is -2.35. The van der Waals surface area contributed by atoms with Gasteiger partial charge in [0.1, 0.15) is 0 Å². The number of ether oxygens (including phenoxy) is 1. The summed E-state index contributed by atoms with van der Waals surface area (Å²) in [5.41, 5.74) is 1.10. The third kappa shape index (κ3) is 2.08. The predicted octanol–water partition coefficient (Wildman–Crippen LogP) is 0.512. The molecule has 0 aromatic carbocycles. The monoisotopic (exact) mass is 289 g/mol. The Balaban J connectivity index is 1.57. The summed E-state index contributed by atoms with van der Waals surface area (Å²) in [6, 6.07) is 0. The van der Waals surface area contributed by atoms with Crippen LogP contribution in [0.15, 0.2) is 16.8 Å². The summed E-state index contributed by atoms with van der Waals surface area (Å²) >= 11 is 0. The van der Waals surface area contributed by atoms with Gasteiger partial charge in [0.05, 0.1) is 24.8 Å². The van der Waals surface area contributed by atoms with Crippen LogP contribution in [-0.4, -0.2) is 51.2 Å². The number of aryl methyl sites for hydroxylation is 2. The minimum absolute atomic E-state index is 0.135. The molecule has 0 radical (unpaired) electrons. The molecule has 2 atom stereocenters. The van der Waals surface area contributed by atoms with Gasteiger partial charge in [-0.05, 0) is 0 Å². The Morgan fingerprint density at radius 1 is 1.43 bits per heavy atom. The Labute approximate surface area is 122 Å². The summed E-state index contributed by atoms with van der Waals surface area (Å²) in [5.74, 6) is 1.78. The quantitative estimate of drug-likeness (QED) is 0.820. The third-order valence-corrected chi connectivity index (χ3v) is 4.56. The molecule has 0 aliphatic carbocycles. The molecule has 0 bridgehead atoms. The van der Waals surface area contributed by atoms with Crippen LogP contribution >= 0.6 is 0 Å². The molecule has 2 aromatic heterocycles. The SMILES string of the molecule is Cc1nnc([C@]23COC[C@H]2CN(Cc2cnn(C)c2)C3)o1. The molecule has 112 valence electrons. The second-order valence-electron chi connectivity index (χ2n) is 6.19. The van der Waals surface area contributed by atoms with Crippen LogP contribution < -0.4 is 0 Å². The molecule has 7 nitrogen and oxygen atoms in total. The van der Waals surface area contributed by atoms with Crippen molar-refractivity contribution in [3.63, 3.8) is 0 Å². The number of aromatic nitrogens is 4. The summed E-state index contributed by atoms with van der Waals surface area (Å²) in [7, 11) is 1.94. The number of rotatable bonds is 3. The normalized spacial score (nSPS) is 29.1. The van der Waals surface area contributed by atoms with Gasteiger partial charge in [0.15, 0.2) is 0 Å². The molecule has 0 saturated carbocycles. The largest absolute Gasteiger partial charge is 0.425 e. The predicted molar refractivity (Wildman–Crippen MR) is 73.5 cm³/mol. The maximum atomic E-state index is 5.73. The van der Waals surface area contributed by atoms with Gasteiger partial charge in [0.25, 0.3) is 0 Å². The van der Waals surface area contributed by atoms with Gasteiger partial charge in [-0.3, -0.25) is 9.58 Å². The Morgan fingerprint density at radius 2 is 2.33 bits per heavy atom. The van der Waals surface area contributed by atoms with E-state index in [4.69, 9.17) is 9.15 Å². The third-order valence-electron chi connectivity index (χ3n) is 4.56. The molecule has 0 spiro atoms. The minimum Gasteiger partial charge on any atom is -0.425 e. The van der Waals surface area contributed by atoms with Crippen LogP contribution in [0.25, 0.3) is 0 Å². The first-order valence-electron chi connectivity index (χ1n) is 7.24. The topological polar surface area (TPSA) is 69.2 Å². The number of fused-ring (bicyclic) bond motifs is 1. The van der Waals surface area contributed by atoms with Gasteiger partial charge in [-0.15, -0.1) is 10.2 Å². The average molecular weight is 289 g/mol. The van der Waals surface area contributed by atoms with E-state index in [1.165, 1.54) is 5.56 Å². The molecule has 2 aliphatic heterocycles. The number of hydrogen-bond acceptors (Lipinski definition) is 6. The first kappa shape index (κ1) is 13.0. The van der Waals surface area contributed by atoms with Crippen LogP contribution in [0.3, 0.4) is 0 Å². The van der Waals surface area contributed by atoms with E-state index in [9.17, 15) is 0 Å². The molecular weight excluding hydrogens is 270 g/mol. The van der Waals surface area contributed by atoms with Gasteiger partial charge >= 0.3 is 0 Å². The first-order chi connectivity index (χ1) is 10.2. The molecule has 2 aromatic rings. The van der Waals surface area contributed by atoms with Crippen molar-refractivity contribution in [3.05, 3.63) is 29.7 Å². The highest BCUT2D eigenvalue weighted by Crippen LogP contribution is 2.43. The average Bonchev–Trinajstić information content (AvgIpc) is 3.14. The van der Waals surface area contributed by atoms with Crippen LogP contribution in [-0.2, 0) is 23.7 Å². The van der Waals surface area contributed by atoms with Gasteiger partial charge in [-0.25, -0.2) is 0 Å². The van der Waals surface area contributed by atoms with E-state index in [2.05, 4.69) is 26.4 Å². The molecule has 4 rings (SSSR count).